The van der Waals surface area contributed by atoms with E-state index in [9.17, 15) is 9.59 Å². The summed E-state index contributed by atoms with van der Waals surface area (Å²) in [5.74, 6) is -3.03. The van der Waals surface area contributed by atoms with E-state index in [1.165, 1.54) is 0 Å². The molecule has 1 aliphatic carbocycles. The third-order valence-corrected chi connectivity index (χ3v) is 2.63. The minimum absolute atomic E-state index is 0.407. The monoisotopic (exact) mass is 187 g/mol. The first-order valence-corrected chi connectivity index (χ1v) is 4.25. The molecule has 0 aromatic carbocycles. The lowest BCUT2D eigenvalue weighted by molar-refractivity contribution is -0.145. The van der Waals surface area contributed by atoms with Crippen LogP contribution in [0.1, 0.15) is 19.3 Å². The number of aliphatic carboxylic acids is 2. The minimum Gasteiger partial charge on any atom is -0.481 e. The quantitative estimate of drug-likeness (QED) is 0.572. The maximum absolute atomic E-state index is 10.7. The molecule has 1 fully saturated rings. The Kier molecular flexibility index (Phi) is 2.87. The van der Waals surface area contributed by atoms with Crippen molar-refractivity contribution in [3.8, 4) is 0 Å². The molecule has 0 amide bonds. The van der Waals surface area contributed by atoms with E-state index in [2.05, 4.69) is 0 Å². The van der Waals surface area contributed by atoms with Crippen molar-refractivity contribution >= 4 is 11.9 Å². The molecule has 0 heterocycles. The summed E-state index contributed by atoms with van der Waals surface area (Å²) >= 11 is 0. The van der Waals surface area contributed by atoms with Gasteiger partial charge in [0.1, 0.15) is 6.04 Å². The van der Waals surface area contributed by atoms with Crippen LogP contribution in [-0.4, -0.2) is 28.2 Å². The Morgan fingerprint density at radius 2 is 1.92 bits per heavy atom. The molecule has 13 heavy (non-hydrogen) atoms. The zero-order valence-electron chi connectivity index (χ0n) is 7.14. The van der Waals surface area contributed by atoms with Gasteiger partial charge in [0.15, 0.2) is 0 Å². The van der Waals surface area contributed by atoms with Crippen LogP contribution in [0.25, 0.3) is 0 Å². The van der Waals surface area contributed by atoms with E-state index in [0.29, 0.717) is 12.8 Å². The van der Waals surface area contributed by atoms with Crippen LogP contribution in [0.3, 0.4) is 0 Å². The number of carboxylic acids is 2. The average Bonchev–Trinajstić information content (AvgIpc) is 2.50. The number of rotatable bonds is 3. The molecule has 0 saturated heterocycles. The molecule has 3 atom stereocenters. The third kappa shape index (κ3) is 1.98. The number of carbonyl (C=O) groups is 2. The summed E-state index contributed by atoms with van der Waals surface area (Å²) in [6.45, 7) is 0. The summed E-state index contributed by atoms with van der Waals surface area (Å²) < 4.78 is 0. The van der Waals surface area contributed by atoms with Crippen molar-refractivity contribution in [2.45, 2.75) is 25.3 Å². The molecule has 0 spiro atoms. The molecule has 5 nitrogen and oxygen atoms in total. The molecule has 0 aliphatic heterocycles. The molecule has 0 aromatic heterocycles. The van der Waals surface area contributed by atoms with Gasteiger partial charge in [-0.3, -0.25) is 9.59 Å². The van der Waals surface area contributed by atoms with Crippen LogP contribution in [0, 0.1) is 11.8 Å². The molecule has 1 rings (SSSR count). The van der Waals surface area contributed by atoms with Crippen LogP contribution < -0.4 is 5.73 Å². The summed E-state index contributed by atoms with van der Waals surface area (Å²) in [4.78, 5) is 21.2. The lowest BCUT2D eigenvalue weighted by Gasteiger charge is -2.19. The molecule has 4 N–H and O–H groups in total. The van der Waals surface area contributed by atoms with E-state index < -0.39 is 29.8 Å². The van der Waals surface area contributed by atoms with Gasteiger partial charge < -0.3 is 15.9 Å². The molecule has 0 bridgehead atoms. The van der Waals surface area contributed by atoms with Gasteiger partial charge in [0.05, 0.1) is 5.92 Å². The first-order valence-electron chi connectivity index (χ1n) is 4.25. The van der Waals surface area contributed by atoms with Crippen molar-refractivity contribution in [3.63, 3.8) is 0 Å². The van der Waals surface area contributed by atoms with Crippen molar-refractivity contribution in [1.82, 2.24) is 0 Å². The van der Waals surface area contributed by atoms with E-state index in [4.69, 9.17) is 15.9 Å². The first-order chi connectivity index (χ1) is 6.04. The van der Waals surface area contributed by atoms with E-state index >= 15 is 0 Å². The predicted octanol–water partition coefficient (Wildman–Crippen LogP) is -0.101. The highest BCUT2D eigenvalue weighted by atomic mass is 16.4. The molecule has 74 valence electrons. The normalized spacial score (nSPS) is 29.9. The van der Waals surface area contributed by atoms with Crippen molar-refractivity contribution in [2.75, 3.05) is 0 Å². The summed E-state index contributed by atoms with van der Waals surface area (Å²) in [5.41, 5.74) is 5.39. The largest absolute Gasteiger partial charge is 0.481 e. The summed E-state index contributed by atoms with van der Waals surface area (Å²) in [5, 5.41) is 17.4. The summed E-state index contributed by atoms with van der Waals surface area (Å²) in [6.07, 6.45) is 1.90. The Balaban J connectivity index is 2.68. The fourth-order valence-corrected chi connectivity index (χ4v) is 1.91. The minimum atomic E-state index is -1.11. The first kappa shape index (κ1) is 9.98. The predicted molar refractivity (Wildman–Crippen MR) is 44.1 cm³/mol. The molecule has 1 saturated carbocycles. The van der Waals surface area contributed by atoms with Crippen LogP contribution >= 0.6 is 0 Å². The van der Waals surface area contributed by atoms with E-state index in [1.54, 1.807) is 0 Å². The van der Waals surface area contributed by atoms with E-state index in [1.807, 2.05) is 0 Å². The van der Waals surface area contributed by atoms with E-state index in [0.717, 1.165) is 6.42 Å². The van der Waals surface area contributed by atoms with Crippen LogP contribution in [-0.2, 0) is 9.59 Å². The lowest BCUT2D eigenvalue weighted by atomic mass is 9.89. The molecular weight excluding hydrogens is 174 g/mol. The van der Waals surface area contributed by atoms with Gasteiger partial charge in [-0.1, -0.05) is 6.42 Å². The van der Waals surface area contributed by atoms with Crippen molar-refractivity contribution < 1.29 is 19.8 Å². The highest BCUT2D eigenvalue weighted by Gasteiger charge is 2.39. The van der Waals surface area contributed by atoms with Gasteiger partial charge in [0, 0.05) is 0 Å². The Hall–Kier alpha value is -1.10. The van der Waals surface area contributed by atoms with Crippen molar-refractivity contribution in [3.05, 3.63) is 0 Å². The fraction of sp³-hybridized carbons (Fsp3) is 0.750. The Bertz CT molecular complexity index is 228. The van der Waals surface area contributed by atoms with Gasteiger partial charge in [0.2, 0.25) is 0 Å². The molecule has 1 aliphatic rings. The topological polar surface area (TPSA) is 101 Å². The summed E-state index contributed by atoms with van der Waals surface area (Å²) in [7, 11) is 0. The molecular formula is C8H13NO4. The fourth-order valence-electron chi connectivity index (χ4n) is 1.91. The number of carboxylic acid groups (broad SMARTS) is 2. The standard InChI is InChI=1S/C8H13NO4/c9-6(8(12)13)4-2-1-3-5(4)7(10)11/h4-6H,1-3,9H2,(H,10,11)(H,12,13)/t4-,5+,6?/m0/s1. The molecule has 5 heteroatoms. The van der Waals surface area contributed by atoms with E-state index in [-0.39, 0.29) is 0 Å². The van der Waals surface area contributed by atoms with Gasteiger partial charge in [-0.25, -0.2) is 0 Å². The Morgan fingerprint density at radius 1 is 1.31 bits per heavy atom. The lowest BCUT2D eigenvalue weighted by Crippen LogP contribution is -2.41. The Labute approximate surface area is 75.5 Å². The van der Waals surface area contributed by atoms with Crippen LogP contribution in [0.15, 0.2) is 0 Å². The smallest absolute Gasteiger partial charge is 0.320 e. The average molecular weight is 187 g/mol. The second-order valence-corrected chi connectivity index (χ2v) is 3.40. The zero-order valence-corrected chi connectivity index (χ0v) is 7.14. The van der Waals surface area contributed by atoms with Gasteiger partial charge in [-0.05, 0) is 18.8 Å². The van der Waals surface area contributed by atoms with Crippen molar-refractivity contribution in [1.29, 1.82) is 0 Å². The number of hydrogen-bond donors (Lipinski definition) is 3. The van der Waals surface area contributed by atoms with Gasteiger partial charge in [0.25, 0.3) is 0 Å². The number of hydrogen-bond acceptors (Lipinski definition) is 3. The highest BCUT2D eigenvalue weighted by Crippen LogP contribution is 2.33. The second kappa shape index (κ2) is 3.74. The highest BCUT2D eigenvalue weighted by molar-refractivity contribution is 5.77. The molecule has 1 unspecified atom stereocenters. The molecule has 0 radical (unpaired) electrons. The van der Waals surface area contributed by atoms with Crippen molar-refractivity contribution in [2.24, 2.45) is 17.6 Å². The number of nitrogens with two attached hydrogens (primary N) is 1. The van der Waals surface area contributed by atoms with Crippen LogP contribution in [0.5, 0.6) is 0 Å². The van der Waals surface area contributed by atoms with Gasteiger partial charge in [-0.2, -0.15) is 0 Å². The SMILES string of the molecule is NC(C(=O)O)[C@H]1CCC[C@H]1C(=O)O. The van der Waals surface area contributed by atoms with Crippen LogP contribution in [0.2, 0.25) is 0 Å². The second-order valence-electron chi connectivity index (χ2n) is 3.40. The maximum atomic E-state index is 10.7. The summed E-state index contributed by atoms with van der Waals surface area (Å²) in [6, 6.07) is -1.04. The molecule has 0 aromatic rings. The Morgan fingerprint density at radius 3 is 2.38 bits per heavy atom. The zero-order chi connectivity index (χ0) is 10.0. The maximum Gasteiger partial charge on any atom is 0.320 e. The van der Waals surface area contributed by atoms with Gasteiger partial charge >= 0.3 is 11.9 Å². The third-order valence-electron chi connectivity index (χ3n) is 2.63. The van der Waals surface area contributed by atoms with Crippen LogP contribution in [0.4, 0.5) is 0 Å². The van der Waals surface area contributed by atoms with Gasteiger partial charge in [-0.15, -0.1) is 0 Å².